The summed E-state index contributed by atoms with van der Waals surface area (Å²) in [6, 6.07) is 12.2. The number of amides is 1. The number of nitrogens with zero attached hydrogens (tertiary/aromatic N) is 2. The van der Waals surface area contributed by atoms with Gasteiger partial charge in [0, 0.05) is 16.3 Å². The van der Waals surface area contributed by atoms with Crippen molar-refractivity contribution >= 4 is 46.6 Å². The SMILES string of the molecule is COc1ccc(NC(=O)CSc2n[nH]c(-c3cc(Cl)ccc3Cl)n2)cc1. The van der Waals surface area contributed by atoms with Crippen LogP contribution in [0.1, 0.15) is 0 Å². The summed E-state index contributed by atoms with van der Waals surface area (Å²) < 4.78 is 5.08. The average molecular weight is 409 g/mol. The second kappa shape index (κ2) is 8.44. The molecule has 0 aliphatic carbocycles. The lowest BCUT2D eigenvalue weighted by atomic mass is 10.2. The number of ether oxygens (including phenoxy) is 1. The zero-order valence-corrected chi connectivity index (χ0v) is 16.0. The van der Waals surface area contributed by atoms with Gasteiger partial charge in [0.15, 0.2) is 5.82 Å². The fraction of sp³-hybridized carbons (Fsp3) is 0.118. The van der Waals surface area contributed by atoms with Gasteiger partial charge in [0.2, 0.25) is 11.1 Å². The molecule has 1 amide bonds. The Hall–Kier alpha value is -2.22. The van der Waals surface area contributed by atoms with Gasteiger partial charge in [-0.05, 0) is 42.5 Å². The summed E-state index contributed by atoms with van der Waals surface area (Å²) in [6.07, 6.45) is 0. The predicted molar refractivity (Wildman–Crippen MR) is 104 cm³/mol. The molecule has 0 radical (unpaired) electrons. The van der Waals surface area contributed by atoms with Crippen molar-refractivity contribution in [2.75, 3.05) is 18.2 Å². The van der Waals surface area contributed by atoms with Gasteiger partial charge in [-0.3, -0.25) is 9.89 Å². The smallest absolute Gasteiger partial charge is 0.234 e. The third-order valence-corrected chi connectivity index (χ3v) is 4.77. The molecule has 26 heavy (non-hydrogen) atoms. The van der Waals surface area contributed by atoms with E-state index in [9.17, 15) is 4.79 Å². The largest absolute Gasteiger partial charge is 0.497 e. The lowest BCUT2D eigenvalue weighted by Gasteiger charge is -2.05. The van der Waals surface area contributed by atoms with Crippen molar-refractivity contribution in [2.24, 2.45) is 0 Å². The Morgan fingerprint density at radius 3 is 2.73 bits per heavy atom. The van der Waals surface area contributed by atoms with Gasteiger partial charge in [0.05, 0.1) is 17.9 Å². The van der Waals surface area contributed by atoms with Crippen molar-refractivity contribution in [3.8, 4) is 17.1 Å². The quantitative estimate of drug-likeness (QED) is 0.586. The highest BCUT2D eigenvalue weighted by molar-refractivity contribution is 7.99. The number of methoxy groups -OCH3 is 1. The highest BCUT2D eigenvalue weighted by Gasteiger charge is 2.12. The van der Waals surface area contributed by atoms with Crippen molar-refractivity contribution in [1.82, 2.24) is 15.2 Å². The number of aromatic amines is 1. The normalized spacial score (nSPS) is 10.6. The van der Waals surface area contributed by atoms with Gasteiger partial charge in [-0.25, -0.2) is 4.98 Å². The predicted octanol–water partition coefficient (Wildman–Crippen LogP) is 4.52. The van der Waals surface area contributed by atoms with Crippen LogP contribution in [0.3, 0.4) is 0 Å². The van der Waals surface area contributed by atoms with Crippen LogP contribution in [0.15, 0.2) is 47.6 Å². The fourth-order valence-electron chi connectivity index (χ4n) is 2.11. The van der Waals surface area contributed by atoms with Gasteiger partial charge < -0.3 is 10.1 Å². The zero-order chi connectivity index (χ0) is 18.5. The number of carbonyl (C=O) groups is 1. The molecule has 0 saturated heterocycles. The minimum Gasteiger partial charge on any atom is -0.497 e. The Morgan fingerprint density at radius 2 is 2.00 bits per heavy atom. The van der Waals surface area contributed by atoms with Crippen LogP contribution in [0.5, 0.6) is 5.75 Å². The van der Waals surface area contributed by atoms with E-state index in [-0.39, 0.29) is 11.7 Å². The van der Waals surface area contributed by atoms with E-state index in [0.29, 0.717) is 32.3 Å². The molecular formula is C17H14Cl2N4O2S. The maximum Gasteiger partial charge on any atom is 0.234 e. The summed E-state index contributed by atoms with van der Waals surface area (Å²) in [4.78, 5) is 16.4. The second-order valence-corrected chi connectivity index (χ2v) is 6.94. The Bertz CT molecular complexity index is 915. The molecule has 1 heterocycles. The van der Waals surface area contributed by atoms with E-state index in [1.54, 1.807) is 49.6 Å². The van der Waals surface area contributed by atoms with Gasteiger partial charge in [-0.1, -0.05) is 35.0 Å². The monoisotopic (exact) mass is 408 g/mol. The van der Waals surface area contributed by atoms with Gasteiger partial charge in [0.1, 0.15) is 5.75 Å². The molecule has 0 saturated carbocycles. The number of nitrogens with one attached hydrogen (secondary N) is 2. The first kappa shape index (κ1) is 18.6. The third-order valence-electron chi connectivity index (χ3n) is 3.35. The molecule has 0 spiro atoms. The molecule has 0 aliphatic heterocycles. The Morgan fingerprint density at radius 1 is 1.23 bits per heavy atom. The Labute approximate surface area is 164 Å². The van der Waals surface area contributed by atoms with E-state index in [1.807, 2.05) is 0 Å². The van der Waals surface area contributed by atoms with E-state index in [2.05, 4.69) is 20.5 Å². The summed E-state index contributed by atoms with van der Waals surface area (Å²) in [7, 11) is 1.59. The van der Waals surface area contributed by atoms with Crippen molar-refractivity contribution in [3.05, 3.63) is 52.5 Å². The molecule has 3 aromatic rings. The number of H-pyrrole nitrogens is 1. The maximum absolute atomic E-state index is 12.0. The molecule has 3 rings (SSSR count). The lowest BCUT2D eigenvalue weighted by molar-refractivity contribution is -0.113. The zero-order valence-electron chi connectivity index (χ0n) is 13.6. The van der Waals surface area contributed by atoms with Crippen LogP contribution >= 0.6 is 35.0 Å². The maximum atomic E-state index is 12.0. The number of thioether (sulfide) groups is 1. The van der Waals surface area contributed by atoms with Gasteiger partial charge in [-0.2, -0.15) is 0 Å². The molecule has 0 aliphatic rings. The highest BCUT2D eigenvalue weighted by Crippen LogP contribution is 2.29. The second-order valence-electron chi connectivity index (χ2n) is 5.16. The van der Waals surface area contributed by atoms with Crippen LogP contribution < -0.4 is 10.1 Å². The van der Waals surface area contributed by atoms with Gasteiger partial charge in [-0.15, -0.1) is 5.10 Å². The highest BCUT2D eigenvalue weighted by atomic mass is 35.5. The number of anilines is 1. The minimum atomic E-state index is -0.160. The molecule has 6 nitrogen and oxygen atoms in total. The number of hydrogen-bond acceptors (Lipinski definition) is 5. The minimum absolute atomic E-state index is 0.160. The Kier molecular flexibility index (Phi) is 6.03. The Balaban J connectivity index is 1.59. The number of carbonyl (C=O) groups excluding carboxylic acids is 1. The van der Waals surface area contributed by atoms with Crippen LogP contribution in [0.2, 0.25) is 10.0 Å². The van der Waals surface area contributed by atoms with Crippen molar-refractivity contribution in [3.63, 3.8) is 0 Å². The summed E-state index contributed by atoms with van der Waals surface area (Å²) in [6.45, 7) is 0. The van der Waals surface area contributed by atoms with Gasteiger partial charge >= 0.3 is 0 Å². The first-order valence-corrected chi connectivity index (χ1v) is 9.24. The molecule has 134 valence electrons. The third kappa shape index (κ3) is 4.69. The molecular weight excluding hydrogens is 395 g/mol. The van der Waals surface area contributed by atoms with Gasteiger partial charge in [0.25, 0.3) is 0 Å². The van der Waals surface area contributed by atoms with E-state index in [4.69, 9.17) is 27.9 Å². The number of aromatic nitrogens is 3. The fourth-order valence-corrected chi connectivity index (χ4v) is 3.09. The van der Waals surface area contributed by atoms with Crippen LogP contribution in [0.25, 0.3) is 11.4 Å². The molecule has 1 aromatic heterocycles. The first-order valence-electron chi connectivity index (χ1n) is 7.49. The first-order chi connectivity index (χ1) is 12.5. The molecule has 0 bridgehead atoms. The molecule has 0 atom stereocenters. The molecule has 9 heteroatoms. The lowest BCUT2D eigenvalue weighted by Crippen LogP contribution is -2.14. The molecule has 2 aromatic carbocycles. The van der Waals surface area contributed by atoms with Crippen LogP contribution in [-0.4, -0.2) is 34.0 Å². The topological polar surface area (TPSA) is 79.9 Å². The van der Waals surface area contributed by atoms with Crippen LogP contribution in [0.4, 0.5) is 5.69 Å². The van der Waals surface area contributed by atoms with Crippen LogP contribution in [0, 0.1) is 0 Å². The van der Waals surface area contributed by atoms with E-state index >= 15 is 0 Å². The van der Waals surface area contributed by atoms with Crippen LogP contribution in [-0.2, 0) is 4.79 Å². The number of hydrogen-bond donors (Lipinski definition) is 2. The average Bonchev–Trinajstić information content (AvgIpc) is 3.11. The molecule has 0 unspecified atom stereocenters. The number of benzene rings is 2. The summed E-state index contributed by atoms with van der Waals surface area (Å²) in [5, 5.41) is 11.2. The number of rotatable bonds is 6. The summed E-state index contributed by atoms with van der Waals surface area (Å²) in [5.74, 6) is 1.24. The van der Waals surface area contributed by atoms with E-state index in [1.165, 1.54) is 11.8 Å². The standard InChI is InChI=1S/C17H14Cl2N4O2S/c1-25-12-5-3-11(4-6-12)20-15(24)9-26-17-21-16(22-23-17)13-8-10(18)2-7-14(13)19/h2-8H,9H2,1H3,(H,20,24)(H,21,22,23). The van der Waals surface area contributed by atoms with Crippen molar-refractivity contribution in [2.45, 2.75) is 5.16 Å². The number of halogens is 2. The molecule has 2 N–H and O–H groups in total. The van der Waals surface area contributed by atoms with Crippen molar-refractivity contribution < 1.29 is 9.53 Å². The van der Waals surface area contributed by atoms with E-state index < -0.39 is 0 Å². The van der Waals surface area contributed by atoms with Crippen molar-refractivity contribution in [1.29, 1.82) is 0 Å². The summed E-state index contributed by atoms with van der Waals surface area (Å²) in [5.41, 5.74) is 1.35. The van der Waals surface area contributed by atoms with E-state index in [0.717, 1.165) is 5.75 Å². The molecule has 0 fully saturated rings. The summed E-state index contributed by atoms with van der Waals surface area (Å²) >= 11 is 13.4.